The molecular formula is C35H45NO12. The first kappa shape index (κ1) is 33.4. The van der Waals surface area contributed by atoms with E-state index in [1.807, 2.05) is 6.21 Å². The van der Waals surface area contributed by atoms with E-state index in [1.54, 1.807) is 45.6 Å². The number of rotatable bonds is 10. The fourth-order valence-electron chi connectivity index (χ4n) is 11.7. The number of carbonyl (C=O) groups is 3. The topological polar surface area (TPSA) is 158 Å². The zero-order chi connectivity index (χ0) is 34.4. The largest absolute Gasteiger partial charge is 0.497 e. The third-order valence-electron chi connectivity index (χ3n) is 12.8. The first-order valence-electron chi connectivity index (χ1n) is 16.5. The number of esters is 3. The van der Waals surface area contributed by atoms with Crippen molar-refractivity contribution in [2.45, 2.75) is 80.9 Å². The summed E-state index contributed by atoms with van der Waals surface area (Å²) in [6.07, 6.45) is -1.21. The van der Waals surface area contributed by atoms with Crippen molar-refractivity contribution < 1.29 is 57.4 Å². The summed E-state index contributed by atoms with van der Waals surface area (Å²) in [6, 6.07) is 6.07. The molecule has 13 heteroatoms. The monoisotopic (exact) mass is 671 g/mol. The van der Waals surface area contributed by atoms with Gasteiger partial charge in [0.25, 0.3) is 0 Å². The van der Waals surface area contributed by atoms with E-state index in [1.165, 1.54) is 28.1 Å². The number of ether oxygens (including phenoxy) is 8. The molecule has 13 nitrogen and oxygen atoms in total. The van der Waals surface area contributed by atoms with Crippen molar-refractivity contribution in [1.29, 1.82) is 0 Å². The average molecular weight is 672 g/mol. The first-order chi connectivity index (χ1) is 22.9. The number of carbonyl (C=O) groups excluding carboxylic acids is 3. The molecule has 1 N–H and O–H groups in total. The lowest BCUT2D eigenvalue weighted by atomic mass is 9.43. The van der Waals surface area contributed by atoms with E-state index in [2.05, 4.69) is 0 Å². The van der Waals surface area contributed by atoms with Gasteiger partial charge in [0.05, 0.1) is 49.0 Å². The molecule has 0 amide bonds. The second-order valence-electron chi connectivity index (χ2n) is 14.4. The molecule has 5 aliphatic carbocycles. The molecule has 1 unspecified atom stereocenters. The predicted molar refractivity (Wildman–Crippen MR) is 166 cm³/mol. The Bertz CT molecular complexity index is 1500. The summed E-state index contributed by atoms with van der Waals surface area (Å²) in [6.45, 7) is 2.91. The van der Waals surface area contributed by atoms with Gasteiger partial charge in [0.2, 0.25) is 0 Å². The molecular weight excluding hydrogens is 626 g/mol. The highest BCUT2D eigenvalue weighted by atomic mass is 16.6. The van der Waals surface area contributed by atoms with Crippen molar-refractivity contribution in [3.05, 3.63) is 29.8 Å². The average Bonchev–Trinajstić information content (AvgIpc) is 3.40. The van der Waals surface area contributed by atoms with Crippen LogP contribution in [0.4, 0.5) is 0 Å². The van der Waals surface area contributed by atoms with Gasteiger partial charge in [-0.1, -0.05) is 0 Å². The lowest BCUT2D eigenvalue weighted by Gasteiger charge is -2.65. The SMILES string of the molecule is COC[C@]12C=N[C@@H]3[C@@H]4[C@H](OC)[C@H]1[C@@]3([C@@H](OC)CC2OC(C)=O)[C@@H]1C[C@@]2(O)[C@@H](OC)C[C@@]4(OC(C)=O)[C@H]1[C@H]2OC(=O)c1ccc(OC)cc1. The fourth-order valence-corrected chi connectivity index (χ4v) is 11.7. The molecule has 5 fully saturated rings. The molecule has 1 aromatic carbocycles. The number of aliphatic hydroxyl groups is 1. The molecule has 1 aliphatic heterocycles. The quantitative estimate of drug-likeness (QED) is 0.286. The number of nitrogens with zero attached hydrogens (tertiary/aromatic N) is 1. The molecule has 14 atom stereocenters. The van der Waals surface area contributed by atoms with Gasteiger partial charge in [0, 0.05) is 84.5 Å². The van der Waals surface area contributed by atoms with Crippen molar-refractivity contribution in [1.82, 2.24) is 0 Å². The Labute approximate surface area is 279 Å². The number of hydrogen-bond donors (Lipinski definition) is 1. The van der Waals surface area contributed by atoms with Crippen molar-refractivity contribution in [2.75, 3.05) is 42.2 Å². The molecule has 1 spiro atoms. The van der Waals surface area contributed by atoms with Gasteiger partial charge < -0.3 is 43.0 Å². The van der Waals surface area contributed by atoms with E-state index in [0.717, 1.165) is 0 Å². The molecule has 262 valence electrons. The summed E-state index contributed by atoms with van der Waals surface area (Å²) in [5.74, 6) is -3.08. The van der Waals surface area contributed by atoms with E-state index in [-0.39, 0.29) is 25.0 Å². The maximum absolute atomic E-state index is 13.9. The van der Waals surface area contributed by atoms with Gasteiger partial charge in [-0.15, -0.1) is 0 Å². The van der Waals surface area contributed by atoms with Crippen LogP contribution in [0.1, 0.15) is 43.5 Å². The van der Waals surface area contributed by atoms with Crippen LogP contribution in [0.15, 0.2) is 29.3 Å². The second-order valence-corrected chi connectivity index (χ2v) is 14.4. The maximum atomic E-state index is 13.9. The van der Waals surface area contributed by atoms with Crippen molar-refractivity contribution in [3.63, 3.8) is 0 Å². The fraction of sp³-hybridized carbons (Fsp3) is 0.714. The Morgan fingerprint density at radius 2 is 1.58 bits per heavy atom. The van der Waals surface area contributed by atoms with E-state index < -0.39 is 100 Å². The van der Waals surface area contributed by atoms with E-state index in [4.69, 9.17) is 42.9 Å². The van der Waals surface area contributed by atoms with Crippen molar-refractivity contribution in [3.8, 4) is 5.75 Å². The maximum Gasteiger partial charge on any atom is 0.338 e. The highest BCUT2D eigenvalue weighted by Crippen LogP contribution is 2.80. The second kappa shape index (κ2) is 11.5. The first-order valence-corrected chi connectivity index (χ1v) is 16.5. The van der Waals surface area contributed by atoms with Gasteiger partial charge in [-0.3, -0.25) is 14.6 Å². The number of aliphatic imine (C=N–C) groups is 1. The Morgan fingerprint density at radius 1 is 0.875 bits per heavy atom. The molecule has 48 heavy (non-hydrogen) atoms. The lowest BCUT2D eigenvalue weighted by Crippen LogP contribution is -2.74. The summed E-state index contributed by atoms with van der Waals surface area (Å²) in [5, 5.41) is 12.8. The van der Waals surface area contributed by atoms with Crippen LogP contribution in [0, 0.1) is 34.5 Å². The zero-order valence-corrected chi connectivity index (χ0v) is 28.4. The van der Waals surface area contributed by atoms with Gasteiger partial charge in [-0.2, -0.15) is 0 Å². The molecule has 5 saturated carbocycles. The van der Waals surface area contributed by atoms with Crippen LogP contribution in [0.25, 0.3) is 0 Å². The minimum absolute atomic E-state index is 0.138. The molecule has 7 bridgehead atoms. The highest BCUT2D eigenvalue weighted by molar-refractivity contribution is 5.89. The van der Waals surface area contributed by atoms with Gasteiger partial charge >= 0.3 is 17.9 Å². The number of fused-ring (bicyclic) bond motifs is 2. The number of hydrogen-bond acceptors (Lipinski definition) is 13. The smallest absolute Gasteiger partial charge is 0.338 e. The molecule has 0 radical (unpaired) electrons. The highest BCUT2D eigenvalue weighted by Gasteiger charge is 2.90. The minimum Gasteiger partial charge on any atom is -0.497 e. The lowest BCUT2D eigenvalue weighted by molar-refractivity contribution is -0.266. The summed E-state index contributed by atoms with van der Waals surface area (Å²) in [7, 11) is 7.89. The molecule has 0 aromatic heterocycles. The predicted octanol–water partition coefficient (Wildman–Crippen LogP) is 2.01. The standard InChI is InChI=1S/C35H45NO12/c1-17(37)46-22-12-23(43-5)35-21-13-33(40)24(44-6)14-34(48-18(2)38,25(21)30(33)47-31(39)19-8-10-20(42-4)11-9-19)26-27(45-7)28(35)32(22,16-41-3)15-36-29(26)35/h8-11,15,21-30,40H,12-14,16H2,1-7H3/t21-,22?,23+,24+,25-,26+,27+,28-,29-,30-,32+,33-,34-,35+/m1/s1. The molecule has 1 aromatic rings. The number of methoxy groups -OCH3 is 5. The minimum atomic E-state index is -1.63. The molecule has 0 saturated heterocycles. The van der Waals surface area contributed by atoms with Crippen LogP contribution in [-0.4, -0.2) is 119 Å². The Morgan fingerprint density at radius 3 is 2.17 bits per heavy atom. The van der Waals surface area contributed by atoms with E-state index in [9.17, 15) is 19.5 Å². The zero-order valence-electron chi connectivity index (χ0n) is 28.4. The Kier molecular flexibility index (Phi) is 7.99. The summed E-state index contributed by atoms with van der Waals surface area (Å²) >= 11 is 0. The third-order valence-corrected chi connectivity index (χ3v) is 12.8. The molecule has 7 rings (SSSR count). The Balaban J connectivity index is 1.45. The summed E-state index contributed by atoms with van der Waals surface area (Å²) in [4.78, 5) is 44.8. The van der Waals surface area contributed by atoms with Crippen LogP contribution < -0.4 is 4.74 Å². The molecule has 1 heterocycles. The Hall–Kier alpha value is -3.10. The van der Waals surface area contributed by atoms with Crippen LogP contribution in [0.5, 0.6) is 5.75 Å². The summed E-state index contributed by atoms with van der Waals surface area (Å²) in [5.41, 5.74) is -4.40. The van der Waals surface area contributed by atoms with Gasteiger partial charge in [-0.05, 0) is 36.6 Å². The number of benzene rings is 1. The van der Waals surface area contributed by atoms with Gasteiger partial charge in [0.15, 0.2) is 0 Å². The van der Waals surface area contributed by atoms with Crippen LogP contribution in [0.2, 0.25) is 0 Å². The van der Waals surface area contributed by atoms with Crippen LogP contribution in [0.3, 0.4) is 0 Å². The third kappa shape index (κ3) is 4.08. The van der Waals surface area contributed by atoms with Crippen molar-refractivity contribution >= 4 is 24.1 Å². The van der Waals surface area contributed by atoms with Crippen LogP contribution >= 0.6 is 0 Å². The molecule has 6 aliphatic rings. The van der Waals surface area contributed by atoms with Crippen LogP contribution in [-0.2, 0) is 42.7 Å². The van der Waals surface area contributed by atoms with Gasteiger partial charge in [-0.25, -0.2) is 4.79 Å². The van der Waals surface area contributed by atoms with Gasteiger partial charge in [0.1, 0.15) is 29.2 Å². The van der Waals surface area contributed by atoms with E-state index in [0.29, 0.717) is 12.2 Å². The van der Waals surface area contributed by atoms with Crippen molar-refractivity contribution in [2.24, 2.45) is 39.5 Å². The summed E-state index contributed by atoms with van der Waals surface area (Å²) < 4.78 is 48.9. The van der Waals surface area contributed by atoms with E-state index >= 15 is 0 Å². The normalized spacial score (nSPS) is 45.8.